The monoisotopic (exact) mass is 282 g/mol. The third-order valence-corrected chi connectivity index (χ3v) is 3.60. The van der Waals surface area contributed by atoms with E-state index in [0.717, 1.165) is 9.73 Å². The molecule has 4 heteroatoms. The number of hydrogen-bond acceptors (Lipinski definition) is 3. The summed E-state index contributed by atoms with van der Waals surface area (Å²) in [5.41, 5.74) is 1.27. The molecule has 0 bridgehead atoms. The molecule has 1 unspecified atom stereocenters. The summed E-state index contributed by atoms with van der Waals surface area (Å²) in [7, 11) is 0. The first kappa shape index (κ1) is 10.6. The summed E-state index contributed by atoms with van der Waals surface area (Å²) in [4.78, 5) is 4.30. The largest absolute Gasteiger partial charge is 0.355 e. The Kier molecular flexibility index (Phi) is 3.38. The van der Waals surface area contributed by atoms with Crippen LogP contribution in [-0.4, -0.2) is 4.98 Å². The Hall–Kier alpha value is -0.870. The van der Waals surface area contributed by atoms with E-state index in [1.165, 1.54) is 5.56 Å². The maximum absolute atomic E-state index is 4.30. The molecule has 1 N–H and O–H groups in total. The number of nitrogens with zero attached hydrogens (tertiary/aromatic N) is 1. The summed E-state index contributed by atoms with van der Waals surface area (Å²) < 4.78 is 0.885. The van der Waals surface area contributed by atoms with Crippen molar-refractivity contribution in [1.82, 2.24) is 4.98 Å². The summed E-state index contributed by atoms with van der Waals surface area (Å²) in [6, 6.07) is 10.6. The van der Waals surface area contributed by atoms with Crippen LogP contribution in [0.3, 0.4) is 0 Å². The van der Waals surface area contributed by atoms with Crippen molar-refractivity contribution >= 4 is 32.4 Å². The lowest BCUT2D eigenvalue weighted by Crippen LogP contribution is -2.05. The van der Waals surface area contributed by atoms with Gasteiger partial charge in [-0.05, 0) is 28.4 Å². The van der Waals surface area contributed by atoms with Gasteiger partial charge in [0.15, 0.2) is 5.13 Å². The highest BCUT2D eigenvalue weighted by Gasteiger charge is 2.06. The quantitative estimate of drug-likeness (QED) is 0.918. The lowest BCUT2D eigenvalue weighted by molar-refractivity contribution is 0.881. The summed E-state index contributed by atoms with van der Waals surface area (Å²) in [6.07, 6.45) is 0. The summed E-state index contributed by atoms with van der Waals surface area (Å²) in [5, 5.41) is 6.27. The van der Waals surface area contributed by atoms with Gasteiger partial charge in [-0.2, -0.15) is 0 Å². The number of anilines is 1. The molecule has 0 aliphatic rings. The molecule has 0 aliphatic carbocycles. The van der Waals surface area contributed by atoms with Crippen LogP contribution in [0.1, 0.15) is 18.5 Å². The lowest BCUT2D eigenvalue weighted by Gasteiger charge is -2.12. The zero-order valence-electron chi connectivity index (χ0n) is 8.27. The van der Waals surface area contributed by atoms with Gasteiger partial charge in [-0.15, -0.1) is 11.3 Å². The predicted molar refractivity (Wildman–Crippen MR) is 68.3 cm³/mol. The predicted octanol–water partition coefficient (Wildman–Crippen LogP) is 4.08. The van der Waals surface area contributed by atoms with E-state index in [4.69, 9.17) is 0 Å². The van der Waals surface area contributed by atoms with Crippen LogP contribution in [0.15, 0.2) is 40.3 Å². The van der Waals surface area contributed by atoms with E-state index in [-0.39, 0.29) is 6.04 Å². The fourth-order valence-corrected chi connectivity index (χ4v) is 2.56. The number of thiazole rings is 1. The van der Waals surface area contributed by atoms with Gasteiger partial charge in [0.2, 0.25) is 0 Å². The molecule has 0 saturated heterocycles. The Bertz CT molecular complexity index is 427. The van der Waals surface area contributed by atoms with Crippen LogP contribution >= 0.6 is 27.3 Å². The Morgan fingerprint density at radius 1 is 1.33 bits per heavy atom. The minimum Gasteiger partial charge on any atom is -0.355 e. The average Bonchev–Trinajstić information content (AvgIpc) is 2.65. The van der Waals surface area contributed by atoms with Crippen molar-refractivity contribution in [2.75, 3.05) is 5.32 Å². The SMILES string of the molecule is CC(Nc1nc(Br)cs1)c1ccccc1. The molecular weight excluding hydrogens is 272 g/mol. The van der Waals surface area contributed by atoms with Crippen molar-refractivity contribution in [3.63, 3.8) is 0 Å². The molecule has 2 nitrogen and oxygen atoms in total. The van der Waals surface area contributed by atoms with Crippen molar-refractivity contribution in [2.45, 2.75) is 13.0 Å². The second-order valence-electron chi connectivity index (χ2n) is 3.25. The van der Waals surface area contributed by atoms with Gasteiger partial charge in [-0.3, -0.25) is 0 Å². The van der Waals surface area contributed by atoms with Crippen molar-refractivity contribution in [3.8, 4) is 0 Å². The first-order chi connectivity index (χ1) is 7.25. The van der Waals surface area contributed by atoms with Crippen LogP contribution < -0.4 is 5.32 Å². The van der Waals surface area contributed by atoms with Crippen molar-refractivity contribution in [3.05, 3.63) is 45.9 Å². The van der Waals surface area contributed by atoms with Crippen LogP contribution in [0.5, 0.6) is 0 Å². The van der Waals surface area contributed by atoms with E-state index in [1.807, 2.05) is 23.6 Å². The zero-order chi connectivity index (χ0) is 10.7. The molecule has 0 saturated carbocycles. The Morgan fingerprint density at radius 2 is 2.07 bits per heavy atom. The van der Waals surface area contributed by atoms with Gasteiger partial charge in [0.05, 0.1) is 6.04 Å². The highest BCUT2D eigenvalue weighted by molar-refractivity contribution is 9.10. The molecule has 15 heavy (non-hydrogen) atoms. The number of benzene rings is 1. The number of nitrogens with one attached hydrogen (secondary N) is 1. The van der Waals surface area contributed by atoms with Gasteiger partial charge in [0.1, 0.15) is 4.60 Å². The van der Waals surface area contributed by atoms with Gasteiger partial charge in [-0.25, -0.2) is 4.98 Å². The second kappa shape index (κ2) is 4.77. The van der Waals surface area contributed by atoms with E-state index >= 15 is 0 Å². The summed E-state index contributed by atoms with van der Waals surface area (Å²) in [6.45, 7) is 2.13. The van der Waals surface area contributed by atoms with Crippen LogP contribution in [0, 0.1) is 0 Å². The molecular formula is C11H11BrN2S. The minimum atomic E-state index is 0.282. The maximum Gasteiger partial charge on any atom is 0.184 e. The normalized spacial score (nSPS) is 12.4. The van der Waals surface area contributed by atoms with Gasteiger partial charge in [0, 0.05) is 5.38 Å². The minimum absolute atomic E-state index is 0.282. The molecule has 0 spiro atoms. The maximum atomic E-state index is 4.30. The first-order valence-electron chi connectivity index (χ1n) is 4.68. The van der Waals surface area contributed by atoms with Crippen LogP contribution in [0.2, 0.25) is 0 Å². The molecule has 1 aromatic carbocycles. The van der Waals surface area contributed by atoms with Crippen LogP contribution in [0.25, 0.3) is 0 Å². The standard InChI is InChI=1S/C11H11BrN2S/c1-8(9-5-3-2-4-6-9)13-11-14-10(12)7-15-11/h2-8H,1H3,(H,13,14). The molecule has 2 aromatic rings. The first-order valence-corrected chi connectivity index (χ1v) is 6.35. The third-order valence-electron chi connectivity index (χ3n) is 2.12. The number of aromatic nitrogens is 1. The average molecular weight is 283 g/mol. The van der Waals surface area contributed by atoms with E-state index in [0.29, 0.717) is 0 Å². The number of rotatable bonds is 3. The van der Waals surface area contributed by atoms with Gasteiger partial charge < -0.3 is 5.32 Å². The Labute approximate surface area is 101 Å². The molecule has 78 valence electrons. The van der Waals surface area contributed by atoms with E-state index in [2.05, 4.69) is 45.3 Å². The topological polar surface area (TPSA) is 24.9 Å². The molecule has 1 atom stereocenters. The summed E-state index contributed by atoms with van der Waals surface area (Å²) >= 11 is 4.94. The van der Waals surface area contributed by atoms with Gasteiger partial charge in [0.25, 0.3) is 0 Å². The van der Waals surface area contributed by atoms with Crippen LogP contribution in [0.4, 0.5) is 5.13 Å². The van der Waals surface area contributed by atoms with Crippen LogP contribution in [-0.2, 0) is 0 Å². The smallest absolute Gasteiger partial charge is 0.184 e. The van der Waals surface area contributed by atoms with Crippen molar-refractivity contribution < 1.29 is 0 Å². The molecule has 0 aliphatic heterocycles. The summed E-state index contributed by atoms with van der Waals surface area (Å²) in [5.74, 6) is 0. The van der Waals surface area contributed by atoms with Gasteiger partial charge >= 0.3 is 0 Å². The molecule has 1 heterocycles. The lowest BCUT2D eigenvalue weighted by atomic mass is 10.1. The highest BCUT2D eigenvalue weighted by Crippen LogP contribution is 2.24. The molecule has 2 rings (SSSR count). The number of hydrogen-bond donors (Lipinski definition) is 1. The van der Waals surface area contributed by atoms with Crippen molar-refractivity contribution in [1.29, 1.82) is 0 Å². The number of halogens is 1. The Morgan fingerprint density at radius 3 is 2.67 bits per heavy atom. The second-order valence-corrected chi connectivity index (χ2v) is 4.92. The molecule has 0 fully saturated rings. The molecule has 1 aromatic heterocycles. The third kappa shape index (κ3) is 2.79. The van der Waals surface area contributed by atoms with E-state index < -0.39 is 0 Å². The zero-order valence-corrected chi connectivity index (χ0v) is 10.7. The molecule has 0 radical (unpaired) electrons. The van der Waals surface area contributed by atoms with E-state index in [1.54, 1.807) is 11.3 Å². The van der Waals surface area contributed by atoms with Gasteiger partial charge in [-0.1, -0.05) is 30.3 Å². The fraction of sp³-hybridized carbons (Fsp3) is 0.182. The highest BCUT2D eigenvalue weighted by atomic mass is 79.9. The Balaban J connectivity index is 2.07. The fourth-order valence-electron chi connectivity index (χ4n) is 1.33. The van der Waals surface area contributed by atoms with E-state index in [9.17, 15) is 0 Å². The molecule has 0 amide bonds. The van der Waals surface area contributed by atoms with Crippen molar-refractivity contribution in [2.24, 2.45) is 0 Å².